The number of benzene rings is 1. The first-order chi connectivity index (χ1) is 6.76. The summed E-state index contributed by atoms with van der Waals surface area (Å²) in [5.41, 5.74) is 2.35. The lowest BCUT2D eigenvalue weighted by Gasteiger charge is -2.14. The summed E-state index contributed by atoms with van der Waals surface area (Å²) in [5, 5.41) is 11.9. The number of aryl methyl sites for hydroxylation is 1. The smallest absolute Gasteiger partial charge is 0.0643 e. The first-order valence-electron chi connectivity index (χ1n) is 4.96. The fourth-order valence-electron chi connectivity index (χ4n) is 1.29. The van der Waals surface area contributed by atoms with Crippen LogP contribution in [0, 0.1) is 18.3 Å². The SMILES string of the molecule is CCC(CC#N)Nc1ccc(C)cc1. The van der Waals surface area contributed by atoms with E-state index in [1.807, 2.05) is 0 Å². The zero-order valence-corrected chi connectivity index (χ0v) is 8.75. The van der Waals surface area contributed by atoms with Gasteiger partial charge in [-0.3, -0.25) is 0 Å². The number of rotatable bonds is 4. The Morgan fingerprint density at radius 2 is 2.00 bits per heavy atom. The van der Waals surface area contributed by atoms with E-state index >= 15 is 0 Å². The average molecular weight is 188 g/mol. The molecule has 0 aliphatic rings. The number of nitrogens with one attached hydrogen (secondary N) is 1. The summed E-state index contributed by atoms with van der Waals surface area (Å²) in [6.45, 7) is 4.15. The minimum Gasteiger partial charge on any atom is -0.381 e. The Morgan fingerprint density at radius 1 is 1.36 bits per heavy atom. The van der Waals surface area contributed by atoms with E-state index in [2.05, 4.69) is 49.5 Å². The van der Waals surface area contributed by atoms with Crippen LogP contribution in [0.2, 0.25) is 0 Å². The summed E-state index contributed by atoms with van der Waals surface area (Å²) >= 11 is 0. The second-order valence-corrected chi connectivity index (χ2v) is 3.48. The van der Waals surface area contributed by atoms with Gasteiger partial charge in [0.05, 0.1) is 12.5 Å². The Balaban J connectivity index is 2.59. The maximum atomic E-state index is 8.60. The molecule has 0 fully saturated rings. The number of nitrogens with zero attached hydrogens (tertiary/aromatic N) is 1. The molecule has 0 spiro atoms. The number of hydrogen-bond donors (Lipinski definition) is 1. The monoisotopic (exact) mass is 188 g/mol. The number of anilines is 1. The van der Waals surface area contributed by atoms with Crippen LogP contribution in [0.15, 0.2) is 24.3 Å². The molecular formula is C12H16N2. The average Bonchev–Trinajstić information content (AvgIpc) is 2.20. The summed E-state index contributed by atoms with van der Waals surface area (Å²) in [6.07, 6.45) is 1.53. The van der Waals surface area contributed by atoms with Gasteiger partial charge in [-0.1, -0.05) is 24.6 Å². The molecule has 0 amide bonds. The van der Waals surface area contributed by atoms with Crippen LogP contribution >= 0.6 is 0 Å². The van der Waals surface area contributed by atoms with E-state index in [4.69, 9.17) is 5.26 Å². The molecule has 2 nitrogen and oxygen atoms in total. The minimum atomic E-state index is 0.266. The third-order valence-corrected chi connectivity index (χ3v) is 2.25. The number of hydrogen-bond acceptors (Lipinski definition) is 2. The van der Waals surface area contributed by atoms with Crippen LogP contribution < -0.4 is 5.32 Å². The summed E-state index contributed by atoms with van der Waals surface area (Å²) in [6, 6.07) is 10.7. The highest BCUT2D eigenvalue weighted by atomic mass is 14.9. The van der Waals surface area contributed by atoms with Crippen molar-refractivity contribution in [3.05, 3.63) is 29.8 Å². The first kappa shape index (κ1) is 10.6. The zero-order valence-electron chi connectivity index (χ0n) is 8.75. The molecule has 0 radical (unpaired) electrons. The van der Waals surface area contributed by atoms with Crippen LogP contribution in [-0.4, -0.2) is 6.04 Å². The van der Waals surface area contributed by atoms with Crippen molar-refractivity contribution < 1.29 is 0 Å². The van der Waals surface area contributed by atoms with Gasteiger partial charge in [-0.25, -0.2) is 0 Å². The van der Waals surface area contributed by atoms with Gasteiger partial charge in [0.25, 0.3) is 0 Å². The molecule has 14 heavy (non-hydrogen) atoms. The highest BCUT2D eigenvalue weighted by Crippen LogP contribution is 2.12. The Morgan fingerprint density at radius 3 is 2.50 bits per heavy atom. The van der Waals surface area contributed by atoms with Gasteiger partial charge in [0.1, 0.15) is 0 Å². The van der Waals surface area contributed by atoms with Crippen molar-refractivity contribution in [1.82, 2.24) is 0 Å². The Labute approximate surface area is 85.6 Å². The van der Waals surface area contributed by atoms with Gasteiger partial charge in [-0.15, -0.1) is 0 Å². The van der Waals surface area contributed by atoms with Crippen molar-refractivity contribution in [3.63, 3.8) is 0 Å². The van der Waals surface area contributed by atoms with Crippen LogP contribution in [0.1, 0.15) is 25.3 Å². The molecule has 0 bridgehead atoms. The largest absolute Gasteiger partial charge is 0.381 e. The van der Waals surface area contributed by atoms with Crippen LogP contribution in [-0.2, 0) is 0 Å². The lowest BCUT2D eigenvalue weighted by molar-refractivity contribution is 0.711. The predicted octanol–water partition coefficient (Wildman–Crippen LogP) is 3.10. The molecule has 1 unspecified atom stereocenters. The molecule has 1 rings (SSSR count). The normalized spacial score (nSPS) is 11.8. The molecule has 74 valence electrons. The van der Waals surface area contributed by atoms with E-state index < -0.39 is 0 Å². The molecule has 1 aromatic carbocycles. The summed E-state index contributed by atoms with van der Waals surface area (Å²) < 4.78 is 0. The van der Waals surface area contributed by atoms with Crippen molar-refractivity contribution in [3.8, 4) is 6.07 Å². The molecule has 0 aliphatic carbocycles. The number of nitriles is 1. The third-order valence-electron chi connectivity index (χ3n) is 2.25. The van der Waals surface area contributed by atoms with Gasteiger partial charge in [0, 0.05) is 11.7 Å². The van der Waals surface area contributed by atoms with Crippen LogP contribution in [0.5, 0.6) is 0 Å². The van der Waals surface area contributed by atoms with Gasteiger partial charge in [-0.2, -0.15) is 5.26 Å². The summed E-state index contributed by atoms with van der Waals surface area (Å²) in [4.78, 5) is 0. The molecule has 1 N–H and O–H groups in total. The van der Waals surface area contributed by atoms with Gasteiger partial charge in [-0.05, 0) is 25.5 Å². The molecule has 1 atom stereocenters. The third kappa shape index (κ3) is 3.10. The topological polar surface area (TPSA) is 35.8 Å². The molecule has 0 heterocycles. The van der Waals surface area contributed by atoms with E-state index in [1.165, 1.54) is 5.56 Å². The summed E-state index contributed by atoms with van der Waals surface area (Å²) in [5.74, 6) is 0. The minimum absolute atomic E-state index is 0.266. The maximum Gasteiger partial charge on any atom is 0.0643 e. The zero-order chi connectivity index (χ0) is 10.4. The van der Waals surface area contributed by atoms with Gasteiger partial charge in [0.2, 0.25) is 0 Å². The second kappa shape index (κ2) is 5.29. The van der Waals surface area contributed by atoms with Crippen LogP contribution in [0.3, 0.4) is 0 Å². The van der Waals surface area contributed by atoms with Crippen LogP contribution in [0.25, 0.3) is 0 Å². The summed E-state index contributed by atoms with van der Waals surface area (Å²) in [7, 11) is 0. The molecule has 0 aromatic heterocycles. The standard InChI is InChI=1S/C12H16N2/c1-3-11(8-9-13)14-12-6-4-10(2)5-7-12/h4-7,11,14H,3,8H2,1-2H3. The van der Waals surface area contributed by atoms with E-state index in [-0.39, 0.29) is 6.04 Å². The maximum absolute atomic E-state index is 8.60. The fourth-order valence-corrected chi connectivity index (χ4v) is 1.29. The van der Waals surface area contributed by atoms with Crippen molar-refractivity contribution in [2.24, 2.45) is 0 Å². The first-order valence-corrected chi connectivity index (χ1v) is 4.96. The van der Waals surface area contributed by atoms with Crippen molar-refractivity contribution in [2.45, 2.75) is 32.7 Å². The van der Waals surface area contributed by atoms with Gasteiger partial charge < -0.3 is 5.32 Å². The molecule has 0 saturated heterocycles. The van der Waals surface area contributed by atoms with Gasteiger partial charge in [0.15, 0.2) is 0 Å². The molecule has 0 aliphatic heterocycles. The Hall–Kier alpha value is -1.49. The molecule has 0 saturated carbocycles. The van der Waals surface area contributed by atoms with Crippen molar-refractivity contribution in [1.29, 1.82) is 5.26 Å². The Bertz CT molecular complexity index is 308. The quantitative estimate of drug-likeness (QED) is 0.788. The highest BCUT2D eigenvalue weighted by Gasteiger charge is 2.04. The van der Waals surface area contributed by atoms with E-state index in [0.29, 0.717) is 6.42 Å². The lowest BCUT2D eigenvalue weighted by Crippen LogP contribution is -2.17. The predicted molar refractivity (Wildman–Crippen MR) is 59.1 cm³/mol. The van der Waals surface area contributed by atoms with Gasteiger partial charge >= 0.3 is 0 Å². The second-order valence-electron chi connectivity index (χ2n) is 3.48. The fraction of sp³-hybridized carbons (Fsp3) is 0.417. The molecule has 2 heteroatoms. The lowest BCUT2D eigenvalue weighted by atomic mass is 10.1. The van der Waals surface area contributed by atoms with Crippen molar-refractivity contribution in [2.75, 3.05) is 5.32 Å². The van der Waals surface area contributed by atoms with Crippen LogP contribution in [0.4, 0.5) is 5.69 Å². The molecule has 1 aromatic rings. The van der Waals surface area contributed by atoms with E-state index in [0.717, 1.165) is 12.1 Å². The highest BCUT2D eigenvalue weighted by molar-refractivity contribution is 5.45. The van der Waals surface area contributed by atoms with E-state index in [1.54, 1.807) is 0 Å². The molecular weight excluding hydrogens is 172 g/mol. The Kier molecular flexibility index (Phi) is 4.00. The van der Waals surface area contributed by atoms with Crippen molar-refractivity contribution >= 4 is 5.69 Å². The van der Waals surface area contributed by atoms with E-state index in [9.17, 15) is 0 Å².